The van der Waals surface area contributed by atoms with E-state index < -0.39 is 23.9 Å². The number of hydrogen-bond acceptors (Lipinski definition) is 5. The maximum absolute atomic E-state index is 12.8. The number of hydrogen-bond donors (Lipinski definition) is 4. The van der Waals surface area contributed by atoms with Crippen LogP contribution in [0.5, 0.6) is 0 Å². The van der Waals surface area contributed by atoms with E-state index in [0.717, 1.165) is 5.56 Å². The molecule has 2 bridgehead atoms. The molecule has 34 heavy (non-hydrogen) atoms. The van der Waals surface area contributed by atoms with E-state index >= 15 is 0 Å². The Morgan fingerprint density at radius 3 is 2.41 bits per heavy atom. The number of fused-ring (bicyclic) bond motifs is 2. The molecule has 5 amide bonds. The molecular weight excluding hydrogens is 442 g/mol. The normalized spacial score (nSPS) is 19.0. The minimum absolute atomic E-state index is 0.00980. The van der Waals surface area contributed by atoms with Crippen LogP contribution in [-0.4, -0.2) is 57.6 Å². The van der Waals surface area contributed by atoms with Gasteiger partial charge in [0, 0.05) is 12.2 Å². The lowest BCUT2D eigenvalue weighted by molar-refractivity contribution is -0.140. The van der Waals surface area contributed by atoms with E-state index in [1.807, 2.05) is 30.3 Å². The minimum Gasteiger partial charge on any atom is -0.465 e. The highest BCUT2D eigenvalue weighted by Gasteiger charge is 2.48. The van der Waals surface area contributed by atoms with Crippen molar-refractivity contribution in [2.45, 2.75) is 38.0 Å². The first-order valence-corrected chi connectivity index (χ1v) is 10.8. The Labute approximate surface area is 195 Å². The number of benzene rings is 2. The third-order valence-corrected chi connectivity index (χ3v) is 5.73. The van der Waals surface area contributed by atoms with Crippen molar-refractivity contribution in [1.29, 1.82) is 0 Å². The summed E-state index contributed by atoms with van der Waals surface area (Å²) in [6, 6.07) is 14.6. The molecular formula is C23H25N5O6. The average molecular weight is 467 g/mol. The molecule has 4 N–H and O–H groups in total. The summed E-state index contributed by atoms with van der Waals surface area (Å²) in [5.74, 6) is -0.910. The van der Waals surface area contributed by atoms with Gasteiger partial charge in [0.1, 0.15) is 12.6 Å². The predicted molar refractivity (Wildman–Crippen MR) is 120 cm³/mol. The number of hydroxylamine groups is 2. The third-order valence-electron chi connectivity index (χ3n) is 5.73. The average Bonchev–Trinajstić information content (AvgIpc) is 3.07. The fourth-order valence-corrected chi connectivity index (χ4v) is 4.06. The van der Waals surface area contributed by atoms with Crippen LogP contribution in [0.4, 0.5) is 15.3 Å². The molecule has 0 aliphatic carbocycles. The van der Waals surface area contributed by atoms with Crippen LogP contribution in [0.3, 0.4) is 0 Å². The number of carbonyl (C=O) groups is 4. The van der Waals surface area contributed by atoms with Gasteiger partial charge < -0.3 is 10.0 Å². The summed E-state index contributed by atoms with van der Waals surface area (Å²) >= 11 is 0. The van der Waals surface area contributed by atoms with Crippen molar-refractivity contribution in [3.63, 3.8) is 0 Å². The van der Waals surface area contributed by atoms with Crippen LogP contribution in [0.1, 0.15) is 24.0 Å². The SMILES string of the molecule is O=C(O)Nc1ccc(CC(=O)NNC(=O)[C@@H]2CC[C@@H]3CN2C(=O)N3OCc2ccccc2)cc1. The summed E-state index contributed by atoms with van der Waals surface area (Å²) in [5.41, 5.74) is 6.75. The first-order valence-electron chi connectivity index (χ1n) is 10.8. The summed E-state index contributed by atoms with van der Waals surface area (Å²) in [6.45, 7) is 0.646. The molecule has 2 fully saturated rings. The quantitative estimate of drug-likeness (QED) is 0.458. The molecule has 0 unspecified atom stereocenters. The molecule has 2 atom stereocenters. The van der Waals surface area contributed by atoms with Gasteiger partial charge in [0.15, 0.2) is 0 Å². The largest absolute Gasteiger partial charge is 0.465 e. The second kappa shape index (κ2) is 10.2. The summed E-state index contributed by atoms with van der Waals surface area (Å²) < 4.78 is 0. The zero-order valence-electron chi connectivity index (χ0n) is 18.3. The van der Waals surface area contributed by atoms with E-state index in [4.69, 9.17) is 9.94 Å². The van der Waals surface area contributed by atoms with Crippen LogP contribution in [0.2, 0.25) is 0 Å². The van der Waals surface area contributed by atoms with Crippen molar-refractivity contribution >= 4 is 29.6 Å². The molecule has 2 heterocycles. The zero-order valence-corrected chi connectivity index (χ0v) is 18.3. The second-order valence-corrected chi connectivity index (χ2v) is 8.11. The number of urea groups is 1. The number of amides is 5. The summed E-state index contributed by atoms with van der Waals surface area (Å²) in [5, 5.41) is 12.3. The molecule has 2 aliphatic heterocycles. The van der Waals surface area contributed by atoms with Gasteiger partial charge in [-0.15, -0.1) is 0 Å². The Bertz CT molecular complexity index is 1060. The molecule has 2 aromatic rings. The van der Waals surface area contributed by atoms with Crippen molar-refractivity contribution in [3.05, 3.63) is 65.7 Å². The van der Waals surface area contributed by atoms with Gasteiger partial charge in [0.2, 0.25) is 5.91 Å². The number of piperidine rings is 1. The van der Waals surface area contributed by atoms with E-state index in [2.05, 4.69) is 16.2 Å². The summed E-state index contributed by atoms with van der Waals surface area (Å²) in [7, 11) is 0. The Morgan fingerprint density at radius 1 is 0.971 bits per heavy atom. The van der Waals surface area contributed by atoms with Crippen LogP contribution in [0.15, 0.2) is 54.6 Å². The topological polar surface area (TPSA) is 140 Å². The summed E-state index contributed by atoms with van der Waals surface area (Å²) in [6.07, 6.45) is -0.116. The molecule has 0 radical (unpaired) electrons. The van der Waals surface area contributed by atoms with Crippen molar-refractivity contribution in [1.82, 2.24) is 20.8 Å². The van der Waals surface area contributed by atoms with Gasteiger partial charge in [-0.05, 0) is 36.1 Å². The van der Waals surface area contributed by atoms with Crippen molar-refractivity contribution in [2.24, 2.45) is 0 Å². The fraction of sp³-hybridized carbons (Fsp3) is 0.304. The van der Waals surface area contributed by atoms with Crippen LogP contribution >= 0.6 is 0 Å². The fourth-order valence-electron chi connectivity index (χ4n) is 4.06. The number of rotatable bonds is 7. The molecule has 11 nitrogen and oxygen atoms in total. The molecule has 178 valence electrons. The van der Waals surface area contributed by atoms with E-state index in [1.54, 1.807) is 24.3 Å². The van der Waals surface area contributed by atoms with Crippen LogP contribution in [0, 0.1) is 0 Å². The zero-order chi connectivity index (χ0) is 24.1. The van der Waals surface area contributed by atoms with Gasteiger partial charge >= 0.3 is 12.1 Å². The van der Waals surface area contributed by atoms with Gasteiger partial charge in [0.05, 0.1) is 12.5 Å². The molecule has 2 aliphatic rings. The van der Waals surface area contributed by atoms with Gasteiger partial charge in [-0.1, -0.05) is 42.5 Å². The molecule has 4 rings (SSSR count). The molecule has 0 aromatic heterocycles. The smallest absolute Gasteiger partial charge is 0.409 e. The maximum atomic E-state index is 12.8. The summed E-state index contributed by atoms with van der Waals surface area (Å²) in [4.78, 5) is 55.6. The van der Waals surface area contributed by atoms with E-state index in [-0.39, 0.29) is 25.1 Å². The Balaban J connectivity index is 1.25. The lowest BCUT2D eigenvalue weighted by Crippen LogP contribution is -2.54. The van der Waals surface area contributed by atoms with Crippen LogP contribution < -0.4 is 16.2 Å². The standard InChI is InChI=1S/C23H25N5O6/c29-20(12-15-6-8-17(9-7-15)24-22(31)32)25-26-21(30)19-11-10-18-13-27(19)23(33)28(18)34-14-16-4-2-1-3-5-16/h1-9,18-19,24H,10-14H2,(H,25,29)(H,26,30)(H,31,32)/t18-,19+/m1/s1. The number of nitrogens with one attached hydrogen (secondary N) is 3. The maximum Gasteiger partial charge on any atom is 0.409 e. The molecule has 2 saturated heterocycles. The van der Waals surface area contributed by atoms with Gasteiger partial charge in [0.25, 0.3) is 5.91 Å². The highest BCUT2D eigenvalue weighted by Crippen LogP contribution is 2.30. The second-order valence-electron chi connectivity index (χ2n) is 8.11. The lowest BCUT2D eigenvalue weighted by Gasteiger charge is -2.29. The number of carboxylic acid groups (broad SMARTS) is 1. The molecule has 0 spiro atoms. The van der Waals surface area contributed by atoms with Gasteiger partial charge in [-0.2, -0.15) is 5.06 Å². The number of carbonyl (C=O) groups excluding carboxylic acids is 3. The Kier molecular flexibility index (Phi) is 6.93. The van der Waals surface area contributed by atoms with Gasteiger partial charge in [-0.25, -0.2) is 9.59 Å². The van der Waals surface area contributed by atoms with Crippen LogP contribution in [-0.2, 0) is 27.5 Å². The van der Waals surface area contributed by atoms with Crippen LogP contribution in [0.25, 0.3) is 0 Å². The van der Waals surface area contributed by atoms with Crippen molar-refractivity contribution in [3.8, 4) is 0 Å². The monoisotopic (exact) mass is 467 g/mol. The first kappa shape index (κ1) is 23.1. The van der Waals surface area contributed by atoms with Gasteiger partial charge in [-0.3, -0.25) is 30.6 Å². The van der Waals surface area contributed by atoms with E-state index in [9.17, 15) is 19.2 Å². The van der Waals surface area contributed by atoms with Crippen molar-refractivity contribution in [2.75, 3.05) is 11.9 Å². The Morgan fingerprint density at radius 2 is 1.71 bits per heavy atom. The Hall–Kier alpha value is -4.12. The molecule has 11 heteroatoms. The van der Waals surface area contributed by atoms with E-state index in [0.29, 0.717) is 30.6 Å². The highest BCUT2D eigenvalue weighted by atomic mass is 16.7. The van der Waals surface area contributed by atoms with Crippen molar-refractivity contribution < 1.29 is 29.1 Å². The number of nitrogens with zero attached hydrogens (tertiary/aromatic N) is 2. The third kappa shape index (κ3) is 5.44. The predicted octanol–water partition coefficient (Wildman–Crippen LogP) is 1.87. The van der Waals surface area contributed by atoms with E-state index in [1.165, 1.54) is 9.96 Å². The molecule has 2 aromatic carbocycles. The highest BCUT2D eigenvalue weighted by molar-refractivity contribution is 5.90. The lowest BCUT2D eigenvalue weighted by atomic mass is 10.0. The molecule has 0 saturated carbocycles. The first-order chi connectivity index (χ1) is 16.4. The number of anilines is 1. The minimum atomic E-state index is -1.18. The number of hydrazine groups is 1.